The lowest BCUT2D eigenvalue weighted by molar-refractivity contribution is -0.183. The maximum atomic E-state index is 12.9. The molecule has 0 spiro atoms. The number of amides is 4. The fourth-order valence-electron chi connectivity index (χ4n) is 2.82. The van der Waals surface area contributed by atoms with Crippen molar-refractivity contribution in [3.8, 4) is 0 Å². The molecule has 1 heterocycles. The van der Waals surface area contributed by atoms with Crippen LogP contribution in [0, 0.1) is 0 Å². The van der Waals surface area contributed by atoms with Gasteiger partial charge >= 0.3 is 10.3 Å². The van der Waals surface area contributed by atoms with E-state index in [9.17, 15) is 27.6 Å². The van der Waals surface area contributed by atoms with Crippen molar-refractivity contribution in [3.05, 3.63) is 35.9 Å². The molecule has 1 aliphatic rings. The molecule has 1 aliphatic heterocycles. The number of benzene rings is 1. The smallest absolute Gasteiger partial charge is 0.361 e. The average molecular weight is 458 g/mol. The summed E-state index contributed by atoms with van der Waals surface area (Å²) in [6, 6.07) is 7.14. The van der Waals surface area contributed by atoms with Gasteiger partial charge in [0.2, 0.25) is 18.0 Å². The minimum atomic E-state index is -4.84. The van der Waals surface area contributed by atoms with Crippen molar-refractivity contribution < 1.29 is 41.6 Å². The van der Waals surface area contributed by atoms with Crippen molar-refractivity contribution >= 4 is 34.4 Å². The number of nitrogens with zero attached hydrogens (tertiary/aromatic N) is 1. The summed E-state index contributed by atoms with van der Waals surface area (Å²) in [4.78, 5) is 48.4. The normalized spacial score (nSPS) is 20.2. The zero-order valence-electron chi connectivity index (χ0n) is 16.6. The zero-order chi connectivity index (χ0) is 23.2. The number of nitrogens with one attached hydrogen (secondary N) is 3. The summed E-state index contributed by atoms with van der Waals surface area (Å²) < 4.78 is 42.1. The second-order valence-corrected chi connectivity index (χ2v) is 7.74. The van der Waals surface area contributed by atoms with Crippen molar-refractivity contribution in [2.75, 3.05) is 20.7 Å². The first kappa shape index (κ1) is 24.2. The highest BCUT2D eigenvalue weighted by Crippen LogP contribution is 2.26. The number of carbonyl (C=O) groups is 4. The van der Waals surface area contributed by atoms with Crippen LogP contribution in [0.1, 0.15) is 5.56 Å². The van der Waals surface area contributed by atoms with Gasteiger partial charge < -0.3 is 25.4 Å². The highest BCUT2D eigenvalue weighted by molar-refractivity contribution is 7.84. The summed E-state index contributed by atoms with van der Waals surface area (Å²) in [5.74, 6) is -3.04. The number of rotatable bonds is 11. The van der Waals surface area contributed by atoms with Crippen molar-refractivity contribution in [2.24, 2.45) is 0 Å². The topological polar surface area (TPSA) is 180 Å². The zero-order valence-corrected chi connectivity index (χ0v) is 17.4. The predicted octanol–water partition coefficient (Wildman–Crippen LogP) is -2.46. The number of carbonyl (C=O) groups excluding carboxylic acids is 4. The lowest BCUT2D eigenvalue weighted by atomic mass is 10.0. The molecule has 4 N–H and O–H groups in total. The van der Waals surface area contributed by atoms with E-state index in [-0.39, 0.29) is 17.3 Å². The van der Waals surface area contributed by atoms with Crippen LogP contribution in [0.5, 0.6) is 0 Å². The minimum Gasteiger partial charge on any atom is -0.361 e. The van der Waals surface area contributed by atoms with E-state index in [4.69, 9.17) is 14.0 Å². The van der Waals surface area contributed by atoms with Gasteiger partial charge in [-0.05, 0) is 5.56 Å². The maximum absolute atomic E-state index is 12.9. The molecule has 14 heteroatoms. The van der Waals surface area contributed by atoms with Crippen LogP contribution in [0.25, 0.3) is 0 Å². The number of likely N-dealkylation sites (N-methyl/N-ethyl adjacent to an activating group) is 1. The van der Waals surface area contributed by atoms with Crippen LogP contribution in [-0.2, 0) is 45.6 Å². The van der Waals surface area contributed by atoms with E-state index in [0.717, 1.165) is 7.11 Å². The number of hydrogen-bond donors (Lipinski definition) is 4. The quantitative estimate of drug-likeness (QED) is 0.121. The Bertz CT molecular complexity index is 940. The van der Waals surface area contributed by atoms with E-state index in [1.807, 2.05) is 0 Å². The Morgan fingerprint density at radius 1 is 1.29 bits per heavy atom. The number of hydrogen-bond acceptors (Lipinski definition) is 8. The predicted molar refractivity (Wildman–Crippen MR) is 103 cm³/mol. The van der Waals surface area contributed by atoms with Crippen LogP contribution in [0.4, 0.5) is 0 Å². The van der Waals surface area contributed by atoms with Crippen molar-refractivity contribution in [1.29, 1.82) is 0 Å². The van der Waals surface area contributed by atoms with Gasteiger partial charge in [0.15, 0.2) is 6.10 Å². The maximum Gasteiger partial charge on any atom is 0.362 e. The van der Waals surface area contributed by atoms with Crippen LogP contribution < -0.4 is 16.0 Å². The molecular weight excluding hydrogens is 436 g/mol. The van der Waals surface area contributed by atoms with Crippen molar-refractivity contribution in [1.82, 2.24) is 20.3 Å². The van der Waals surface area contributed by atoms with Gasteiger partial charge in [-0.25, -0.2) is 4.31 Å². The molecule has 0 aromatic heterocycles. The standard InChI is InChI=1S/C17H22N4O9S/c1-18-14(23)12(19-10-22)13(30-8-11-6-4-3-5-7-11)15(24)20-17(29-2)9-21(16(17)25)31(26,27)28/h3-7,10,12-13H,8-9H2,1-2H3,(H,18,23)(H,19,22)(H,20,24)(H,26,27,28). The molecule has 1 fully saturated rings. The summed E-state index contributed by atoms with van der Waals surface area (Å²) in [7, 11) is -2.52. The van der Waals surface area contributed by atoms with Crippen LogP contribution in [0.3, 0.4) is 0 Å². The first-order valence-electron chi connectivity index (χ1n) is 8.83. The molecule has 31 heavy (non-hydrogen) atoms. The van der Waals surface area contributed by atoms with Crippen molar-refractivity contribution in [2.45, 2.75) is 24.5 Å². The van der Waals surface area contributed by atoms with E-state index in [2.05, 4.69) is 16.0 Å². The summed E-state index contributed by atoms with van der Waals surface area (Å²) in [5, 5.41) is 6.67. The van der Waals surface area contributed by atoms with Crippen LogP contribution in [-0.4, -0.2) is 80.0 Å². The SMILES string of the molecule is CNC(=O)C(NC=O)C(OCc1ccccc1)C(=O)NC1(OC)CN(S(=O)(=O)O)C1=O. The van der Waals surface area contributed by atoms with Gasteiger partial charge in [0.05, 0.1) is 13.2 Å². The first-order valence-corrected chi connectivity index (χ1v) is 10.2. The Morgan fingerprint density at radius 3 is 2.42 bits per heavy atom. The molecule has 2 rings (SSSR count). The Hall–Kier alpha value is -3.07. The molecule has 0 radical (unpaired) electrons. The molecule has 0 aliphatic carbocycles. The third kappa shape index (κ3) is 5.35. The number of β-lactam (4-membered cyclic amide) rings is 1. The van der Waals surface area contributed by atoms with Gasteiger partial charge in [0.1, 0.15) is 6.04 Å². The van der Waals surface area contributed by atoms with Gasteiger partial charge in [0, 0.05) is 14.2 Å². The lowest BCUT2D eigenvalue weighted by Gasteiger charge is -2.45. The van der Waals surface area contributed by atoms with Gasteiger partial charge in [-0.15, -0.1) is 0 Å². The molecule has 13 nitrogen and oxygen atoms in total. The Balaban J connectivity index is 2.26. The summed E-state index contributed by atoms with van der Waals surface area (Å²) in [6.45, 7) is -0.831. The largest absolute Gasteiger partial charge is 0.362 e. The second kappa shape index (κ2) is 9.82. The van der Waals surface area contributed by atoms with Gasteiger partial charge in [0.25, 0.3) is 11.8 Å². The Labute approximate surface area is 177 Å². The number of ether oxygens (including phenoxy) is 2. The molecule has 1 aromatic carbocycles. The average Bonchev–Trinajstić information content (AvgIpc) is 2.74. The van der Waals surface area contributed by atoms with Gasteiger partial charge in [-0.1, -0.05) is 30.3 Å². The fourth-order valence-corrected chi connectivity index (χ4v) is 3.52. The van der Waals surface area contributed by atoms with Crippen molar-refractivity contribution in [3.63, 3.8) is 0 Å². The summed E-state index contributed by atoms with van der Waals surface area (Å²) >= 11 is 0. The van der Waals surface area contributed by atoms with E-state index >= 15 is 0 Å². The highest BCUT2D eigenvalue weighted by atomic mass is 32.2. The molecule has 3 atom stereocenters. The molecule has 1 saturated heterocycles. The van der Waals surface area contributed by atoms with Gasteiger partial charge in [-0.3, -0.25) is 23.7 Å². The van der Waals surface area contributed by atoms with Crippen LogP contribution in [0.15, 0.2) is 30.3 Å². The second-order valence-electron chi connectivity index (χ2n) is 6.40. The third-order valence-corrected chi connectivity index (χ3v) is 5.35. The molecule has 170 valence electrons. The molecule has 0 bridgehead atoms. The van der Waals surface area contributed by atoms with Crippen LogP contribution in [0.2, 0.25) is 0 Å². The molecule has 3 unspecified atom stereocenters. The molecular formula is C17H22N4O9S. The fraction of sp³-hybridized carbons (Fsp3) is 0.412. The first-order chi connectivity index (χ1) is 14.6. The summed E-state index contributed by atoms with van der Waals surface area (Å²) in [5.41, 5.74) is -1.45. The highest BCUT2D eigenvalue weighted by Gasteiger charge is 2.59. The Kier molecular flexibility index (Phi) is 7.67. The van der Waals surface area contributed by atoms with E-state index in [1.54, 1.807) is 30.3 Å². The molecule has 0 saturated carbocycles. The Morgan fingerprint density at radius 2 is 1.94 bits per heavy atom. The number of methoxy groups -OCH3 is 1. The molecule has 4 amide bonds. The summed E-state index contributed by atoms with van der Waals surface area (Å²) in [6.07, 6.45) is -1.42. The van der Waals surface area contributed by atoms with Gasteiger partial charge in [-0.2, -0.15) is 8.42 Å². The van der Waals surface area contributed by atoms with E-state index < -0.39 is 52.4 Å². The van der Waals surface area contributed by atoms with Crippen LogP contribution >= 0.6 is 0 Å². The lowest BCUT2D eigenvalue weighted by Crippen LogP contribution is -2.77. The minimum absolute atomic E-state index is 0.0938. The molecule has 1 aromatic rings. The van der Waals surface area contributed by atoms with E-state index in [0.29, 0.717) is 5.56 Å². The monoisotopic (exact) mass is 458 g/mol. The van der Waals surface area contributed by atoms with E-state index in [1.165, 1.54) is 7.05 Å². The third-order valence-electron chi connectivity index (χ3n) is 4.50.